The van der Waals surface area contributed by atoms with E-state index in [1.54, 1.807) is 18.6 Å². The molecule has 0 fully saturated rings. The molecule has 0 aromatic carbocycles. The Morgan fingerprint density at radius 2 is 1.92 bits per heavy atom. The fraction of sp³-hybridized carbons (Fsp3) is 0.0556. The van der Waals surface area contributed by atoms with Crippen LogP contribution in [-0.2, 0) is 0 Å². The molecule has 0 spiro atoms. The molecule has 0 aliphatic carbocycles. The van der Waals surface area contributed by atoms with Crippen molar-refractivity contribution >= 4 is 28.3 Å². The van der Waals surface area contributed by atoms with Crippen molar-refractivity contribution in [1.29, 1.82) is 0 Å². The summed E-state index contributed by atoms with van der Waals surface area (Å²) in [6.45, 7) is 1.98. The van der Waals surface area contributed by atoms with Gasteiger partial charge in [0, 0.05) is 41.4 Å². The number of nitrogens with zero attached hydrogens (tertiary/aromatic N) is 6. The smallest absolute Gasteiger partial charge is 0.229 e. The van der Waals surface area contributed by atoms with Gasteiger partial charge in [-0.1, -0.05) is 0 Å². The van der Waals surface area contributed by atoms with Crippen LogP contribution in [0.5, 0.6) is 0 Å². The number of imidazole rings is 1. The summed E-state index contributed by atoms with van der Waals surface area (Å²) in [6, 6.07) is 7.63. The second-order valence-electron chi connectivity index (χ2n) is 5.91. The Morgan fingerprint density at radius 3 is 2.81 bits per heavy atom. The van der Waals surface area contributed by atoms with E-state index in [1.165, 1.54) is 0 Å². The summed E-state index contributed by atoms with van der Waals surface area (Å²) in [5.74, 6) is 0.519. The normalized spacial score (nSPS) is 11.3. The summed E-state index contributed by atoms with van der Waals surface area (Å²) in [7, 11) is 0. The second kappa shape index (κ2) is 5.62. The highest BCUT2D eigenvalue weighted by Crippen LogP contribution is 2.27. The fourth-order valence-corrected chi connectivity index (χ4v) is 2.88. The van der Waals surface area contributed by atoms with Gasteiger partial charge in [-0.15, -0.1) is 0 Å². The first-order chi connectivity index (χ1) is 12.8. The lowest BCUT2D eigenvalue weighted by atomic mass is 10.2. The van der Waals surface area contributed by atoms with Crippen molar-refractivity contribution < 1.29 is 0 Å². The molecule has 0 saturated carbocycles. The van der Waals surface area contributed by atoms with E-state index in [2.05, 4.69) is 35.3 Å². The van der Waals surface area contributed by atoms with Gasteiger partial charge in [-0.25, -0.2) is 14.5 Å². The fourth-order valence-electron chi connectivity index (χ4n) is 2.88. The minimum atomic E-state index is 0.519. The third-order valence-corrected chi connectivity index (χ3v) is 4.18. The summed E-state index contributed by atoms with van der Waals surface area (Å²) in [6.07, 6.45) is 8.93. The molecule has 0 radical (unpaired) electrons. The lowest BCUT2D eigenvalue weighted by Gasteiger charge is -2.04. The van der Waals surface area contributed by atoms with E-state index in [1.807, 2.05) is 48.1 Å². The lowest BCUT2D eigenvalue weighted by molar-refractivity contribution is 0.906. The molecule has 0 aliphatic rings. The highest BCUT2D eigenvalue weighted by Gasteiger charge is 2.12. The molecule has 5 rings (SSSR count). The number of rotatable bonds is 3. The number of fused-ring (bicyclic) bond motifs is 2. The highest BCUT2D eigenvalue weighted by atomic mass is 15.3. The van der Waals surface area contributed by atoms with E-state index in [-0.39, 0.29) is 0 Å². The average molecular weight is 342 g/mol. The predicted octanol–water partition coefficient (Wildman–Crippen LogP) is 3.11. The maximum absolute atomic E-state index is 4.67. The number of anilines is 2. The number of aryl methyl sites for hydroxylation is 1. The van der Waals surface area contributed by atoms with Crippen LogP contribution in [0.15, 0.2) is 55.2 Å². The van der Waals surface area contributed by atoms with Gasteiger partial charge in [-0.05, 0) is 31.2 Å². The zero-order chi connectivity index (χ0) is 17.5. The number of aromatic amines is 1. The van der Waals surface area contributed by atoms with Crippen LogP contribution in [0.1, 0.15) is 5.69 Å². The van der Waals surface area contributed by atoms with E-state index < -0.39 is 0 Å². The Labute approximate surface area is 148 Å². The first kappa shape index (κ1) is 14.5. The SMILES string of the molecule is Cc1cnc2ccc(-c3c[nH]c4nc(Nc5ccncc5)ncc34)nn12. The zero-order valence-electron chi connectivity index (χ0n) is 13.9. The molecule has 5 aromatic rings. The average Bonchev–Trinajstić information content (AvgIpc) is 3.26. The first-order valence-electron chi connectivity index (χ1n) is 8.11. The molecule has 0 bridgehead atoms. The Hall–Kier alpha value is -3.81. The third-order valence-electron chi connectivity index (χ3n) is 4.18. The van der Waals surface area contributed by atoms with Crippen LogP contribution in [0, 0.1) is 6.92 Å². The van der Waals surface area contributed by atoms with Gasteiger partial charge >= 0.3 is 0 Å². The second-order valence-corrected chi connectivity index (χ2v) is 5.91. The summed E-state index contributed by atoms with van der Waals surface area (Å²) in [5.41, 5.74) is 5.23. The van der Waals surface area contributed by atoms with Crippen molar-refractivity contribution in [3.05, 3.63) is 60.9 Å². The molecule has 8 heteroatoms. The maximum atomic E-state index is 4.67. The van der Waals surface area contributed by atoms with Gasteiger partial charge in [0.05, 0.1) is 17.6 Å². The van der Waals surface area contributed by atoms with Crippen LogP contribution < -0.4 is 5.32 Å². The molecular weight excluding hydrogens is 328 g/mol. The Balaban J connectivity index is 1.55. The van der Waals surface area contributed by atoms with E-state index in [0.717, 1.165) is 39.3 Å². The standard InChI is InChI=1S/C18H14N8/c1-11-8-20-16-3-2-15(25-26(11)16)13-9-21-17-14(13)10-22-18(24-17)23-12-4-6-19-7-5-12/h2-10H,1H3,(H2,19,21,22,23,24). The Bertz CT molecular complexity index is 1220. The van der Waals surface area contributed by atoms with E-state index in [0.29, 0.717) is 5.95 Å². The molecule has 0 aliphatic heterocycles. The minimum absolute atomic E-state index is 0.519. The van der Waals surface area contributed by atoms with Crippen molar-refractivity contribution in [2.75, 3.05) is 5.32 Å². The van der Waals surface area contributed by atoms with Gasteiger partial charge in [-0.2, -0.15) is 10.1 Å². The van der Waals surface area contributed by atoms with Crippen molar-refractivity contribution in [3.63, 3.8) is 0 Å². The minimum Gasteiger partial charge on any atom is -0.345 e. The molecule has 0 unspecified atom stereocenters. The quantitative estimate of drug-likeness (QED) is 0.523. The topological polar surface area (TPSA) is 96.7 Å². The lowest BCUT2D eigenvalue weighted by Crippen LogP contribution is -1.97. The van der Waals surface area contributed by atoms with Crippen LogP contribution in [0.3, 0.4) is 0 Å². The molecule has 5 aromatic heterocycles. The summed E-state index contributed by atoms with van der Waals surface area (Å²) in [5, 5.41) is 8.75. The monoisotopic (exact) mass is 342 g/mol. The number of H-pyrrole nitrogens is 1. The zero-order valence-corrected chi connectivity index (χ0v) is 13.9. The molecule has 5 heterocycles. The van der Waals surface area contributed by atoms with E-state index in [9.17, 15) is 0 Å². The summed E-state index contributed by atoms with van der Waals surface area (Å²) < 4.78 is 1.83. The number of aromatic nitrogens is 7. The number of pyridine rings is 1. The van der Waals surface area contributed by atoms with Crippen LogP contribution in [0.4, 0.5) is 11.6 Å². The van der Waals surface area contributed by atoms with Gasteiger partial charge in [-0.3, -0.25) is 4.98 Å². The third kappa shape index (κ3) is 2.35. The Morgan fingerprint density at radius 1 is 1.04 bits per heavy atom. The largest absolute Gasteiger partial charge is 0.345 e. The number of hydrogen-bond donors (Lipinski definition) is 2. The van der Waals surface area contributed by atoms with Crippen molar-refractivity contribution in [2.45, 2.75) is 6.92 Å². The first-order valence-corrected chi connectivity index (χ1v) is 8.11. The van der Waals surface area contributed by atoms with Gasteiger partial charge in [0.2, 0.25) is 5.95 Å². The van der Waals surface area contributed by atoms with Crippen LogP contribution >= 0.6 is 0 Å². The molecule has 8 nitrogen and oxygen atoms in total. The van der Waals surface area contributed by atoms with Crippen LogP contribution in [0.2, 0.25) is 0 Å². The molecule has 26 heavy (non-hydrogen) atoms. The van der Waals surface area contributed by atoms with E-state index in [4.69, 9.17) is 0 Å². The van der Waals surface area contributed by atoms with Gasteiger partial charge in [0.1, 0.15) is 5.65 Å². The highest BCUT2D eigenvalue weighted by molar-refractivity contribution is 5.92. The number of nitrogens with one attached hydrogen (secondary N) is 2. The predicted molar refractivity (Wildman–Crippen MR) is 98.1 cm³/mol. The van der Waals surface area contributed by atoms with Crippen molar-refractivity contribution in [1.82, 2.24) is 34.5 Å². The van der Waals surface area contributed by atoms with Gasteiger partial charge < -0.3 is 10.3 Å². The van der Waals surface area contributed by atoms with Gasteiger partial charge in [0.25, 0.3) is 0 Å². The van der Waals surface area contributed by atoms with Crippen LogP contribution in [-0.4, -0.2) is 34.5 Å². The molecular formula is C18H14N8. The van der Waals surface area contributed by atoms with E-state index >= 15 is 0 Å². The molecule has 0 saturated heterocycles. The summed E-state index contributed by atoms with van der Waals surface area (Å²) in [4.78, 5) is 20.5. The van der Waals surface area contributed by atoms with Crippen molar-refractivity contribution in [3.8, 4) is 11.3 Å². The molecule has 0 atom stereocenters. The molecule has 2 N–H and O–H groups in total. The van der Waals surface area contributed by atoms with Crippen LogP contribution in [0.25, 0.3) is 27.9 Å². The maximum Gasteiger partial charge on any atom is 0.229 e. The Kier molecular flexibility index (Phi) is 3.14. The van der Waals surface area contributed by atoms with Gasteiger partial charge in [0.15, 0.2) is 5.65 Å². The summed E-state index contributed by atoms with van der Waals surface area (Å²) >= 11 is 0. The van der Waals surface area contributed by atoms with Crippen molar-refractivity contribution in [2.24, 2.45) is 0 Å². The molecule has 0 amide bonds. The number of hydrogen-bond acceptors (Lipinski definition) is 6. The molecule has 126 valence electrons.